The molecule has 2 aliphatic carbocycles. The number of hydrogen-bond acceptors (Lipinski definition) is 0. The van der Waals surface area contributed by atoms with Gasteiger partial charge in [-0.1, -0.05) is 113 Å². The molecule has 0 bridgehead atoms. The number of halogens is 2. The van der Waals surface area contributed by atoms with Gasteiger partial charge in [-0.3, -0.25) is 0 Å². The largest absolute Gasteiger partial charge is 0.205 e. The minimum Gasteiger partial charge on any atom is -0.205 e. The van der Waals surface area contributed by atoms with E-state index < -0.39 is 0 Å². The Morgan fingerprint density at radius 3 is 1.82 bits per heavy atom. The lowest BCUT2D eigenvalue weighted by Crippen LogP contribution is -2.17. The quantitative estimate of drug-likeness (QED) is 0.321. The topological polar surface area (TPSA) is 0 Å². The fraction of sp³-hybridized carbons (Fsp3) is 0.613. The lowest BCUT2D eigenvalue weighted by molar-refractivity contribution is 0.222. The predicted octanol–water partition coefficient (Wildman–Crippen LogP) is 10.6. The Morgan fingerprint density at radius 1 is 0.697 bits per heavy atom. The van der Waals surface area contributed by atoms with Crippen molar-refractivity contribution in [3.05, 3.63) is 58.9 Å². The number of hydrogen-bond donors (Lipinski definition) is 0. The third kappa shape index (κ3) is 7.08. The summed E-state index contributed by atoms with van der Waals surface area (Å²) < 4.78 is 13.8. The Kier molecular flexibility index (Phi) is 9.30. The molecule has 4 rings (SSSR count). The van der Waals surface area contributed by atoms with Crippen molar-refractivity contribution in [2.24, 2.45) is 17.8 Å². The zero-order valence-corrected chi connectivity index (χ0v) is 21.3. The van der Waals surface area contributed by atoms with E-state index in [1.54, 1.807) is 6.07 Å². The van der Waals surface area contributed by atoms with Crippen LogP contribution < -0.4 is 0 Å². The molecule has 0 heterocycles. The Morgan fingerprint density at radius 2 is 1.24 bits per heavy atom. The van der Waals surface area contributed by atoms with Crippen molar-refractivity contribution in [2.75, 3.05) is 0 Å². The standard InChI is InChI=1S/C31H42ClF/c1-2-3-4-5-23-6-8-24(9-7-23)10-11-25-12-14-26(15-13-25)27-16-18-28(19-17-27)29-20-21-30(32)31(33)22-29/h16-26H,2-15H2,1H3/t23-,24-,25-,26-. The number of benzene rings is 2. The number of unbranched alkanes of at least 4 members (excludes halogenated alkanes) is 2. The first kappa shape index (κ1) is 24.8. The van der Waals surface area contributed by atoms with Crippen molar-refractivity contribution in [1.29, 1.82) is 0 Å². The molecule has 33 heavy (non-hydrogen) atoms. The summed E-state index contributed by atoms with van der Waals surface area (Å²) in [6.07, 6.45) is 20.1. The Balaban J connectivity index is 1.18. The molecule has 0 unspecified atom stereocenters. The van der Waals surface area contributed by atoms with E-state index in [-0.39, 0.29) is 10.8 Å². The molecule has 0 amide bonds. The van der Waals surface area contributed by atoms with Crippen LogP contribution in [0.15, 0.2) is 42.5 Å². The predicted molar refractivity (Wildman–Crippen MR) is 140 cm³/mol. The molecular weight excluding hydrogens is 427 g/mol. The zero-order valence-electron chi connectivity index (χ0n) is 20.5. The van der Waals surface area contributed by atoms with Gasteiger partial charge in [-0.05, 0) is 78.2 Å². The summed E-state index contributed by atoms with van der Waals surface area (Å²) in [5.41, 5.74) is 3.40. The molecule has 0 spiro atoms. The van der Waals surface area contributed by atoms with Gasteiger partial charge in [0.2, 0.25) is 0 Å². The maximum Gasteiger partial charge on any atom is 0.142 e. The van der Waals surface area contributed by atoms with Crippen LogP contribution in [0.2, 0.25) is 5.02 Å². The molecule has 180 valence electrons. The van der Waals surface area contributed by atoms with Crippen LogP contribution in [0.25, 0.3) is 11.1 Å². The normalized spacial score (nSPS) is 25.8. The second kappa shape index (κ2) is 12.4. The van der Waals surface area contributed by atoms with Gasteiger partial charge in [0.1, 0.15) is 5.82 Å². The van der Waals surface area contributed by atoms with E-state index in [0.29, 0.717) is 5.92 Å². The molecule has 0 N–H and O–H groups in total. The van der Waals surface area contributed by atoms with Crippen molar-refractivity contribution in [1.82, 2.24) is 0 Å². The lowest BCUT2D eigenvalue weighted by atomic mass is 9.74. The molecule has 2 fully saturated rings. The molecule has 0 aromatic heterocycles. The second-order valence-corrected chi connectivity index (χ2v) is 11.3. The van der Waals surface area contributed by atoms with Gasteiger partial charge in [-0.15, -0.1) is 0 Å². The first-order chi connectivity index (χ1) is 16.1. The first-order valence-corrected chi connectivity index (χ1v) is 14.1. The molecule has 2 aliphatic rings. The van der Waals surface area contributed by atoms with E-state index in [2.05, 4.69) is 31.2 Å². The van der Waals surface area contributed by atoms with Crippen molar-refractivity contribution in [3.63, 3.8) is 0 Å². The Hall–Kier alpha value is -1.34. The fourth-order valence-electron chi connectivity index (χ4n) is 6.37. The highest BCUT2D eigenvalue weighted by Gasteiger charge is 2.25. The van der Waals surface area contributed by atoms with Gasteiger partial charge in [0.15, 0.2) is 0 Å². The van der Waals surface area contributed by atoms with Crippen LogP contribution in [0.4, 0.5) is 4.39 Å². The summed E-state index contributed by atoms with van der Waals surface area (Å²) in [6, 6.07) is 13.9. The van der Waals surface area contributed by atoms with E-state index in [1.165, 1.54) is 102 Å². The van der Waals surface area contributed by atoms with Crippen molar-refractivity contribution in [3.8, 4) is 11.1 Å². The van der Waals surface area contributed by atoms with Gasteiger partial charge in [-0.25, -0.2) is 4.39 Å². The highest BCUT2D eigenvalue weighted by molar-refractivity contribution is 6.30. The molecule has 2 aromatic carbocycles. The highest BCUT2D eigenvalue weighted by Crippen LogP contribution is 2.40. The fourth-order valence-corrected chi connectivity index (χ4v) is 6.49. The van der Waals surface area contributed by atoms with Gasteiger partial charge >= 0.3 is 0 Å². The van der Waals surface area contributed by atoms with Crippen molar-refractivity contribution < 1.29 is 4.39 Å². The van der Waals surface area contributed by atoms with Crippen LogP contribution in [-0.2, 0) is 0 Å². The summed E-state index contributed by atoms with van der Waals surface area (Å²) in [6.45, 7) is 2.31. The molecule has 0 atom stereocenters. The monoisotopic (exact) mass is 468 g/mol. The average Bonchev–Trinajstić information content (AvgIpc) is 2.86. The van der Waals surface area contributed by atoms with E-state index in [1.807, 2.05) is 6.07 Å². The minimum absolute atomic E-state index is 0.183. The molecular formula is C31H42ClF. The summed E-state index contributed by atoms with van der Waals surface area (Å²) >= 11 is 5.82. The summed E-state index contributed by atoms with van der Waals surface area (Å²) in [4.78, 5) is 0. The Bertz CT molecular complexity index is 842. The third-order valence-corrected chi connectivity index (χ3v) is 8.95. The molecule has 2 saturated carbocycles. The Labute approximate surface area is 206 Å². The van der Waals surface area contributed by atoms with Crippen molar-refractivity contribution >= 4 is 11.6 Å². The van der Waals surface area contributed by atoms with E-state index in [0.717, 1.165) is 28.9 Å². The van der Waals surface area contributed by atoms with Gasteiger partial charge in [0, 0.05) is 0 Å². The second-order valence-electron chi connectivity index (χ2n) is 10.9. The van der Waals surface area contributed by atoms with E-state index >= 15 is 0 Å². The summed E-state index contributed by atoms with van der Waals surface area (Å²) in [5, 5.41) is 0.183. The molecule has 0 aliphatic heterocycles. The molecule has 2 aromatic rings. The maximum absolute atomic E-state index is 13.8. The van der Waals surface area contributed by atoms with Crippen LogP contribution in [0.1, 0.15) is 108 Å². The van der Waals surface area contributed by atoms with Crippen LogP contribution in [0, 0.1) is 23.6 Å². The van der Waals surface area contributed by atoms with E-state index in [4.69, 9.17) is 11.6 Å². The van der Waals surface area contributed by atoms with Crippen LogP contribution in [-0.4, -0.2) is 0 Å². The number of rotatable bonds is 9. The smallest absolute Gasteiger partial charge is 0.142 e. The molecule has 0 radical (unpaired) electrons. The lowest BCUT2D eigenvalue weighted by Gasteiger charge is -2.32. The van der Waals surface area contributed by atoms with Gasteiger partial charge in [0.05, 0.1) is 5.02 Å². The molecule has 0 nitrogen and oxygen atoms in total. The molecule has 2 heteroatoms. The van der Waals surface area contributed by atoms with Gasteiger partial charge < -0.3 is 0 Å². The van der Waals surface area contributed by atoms with Crippen LogP contribution in [0.5, 0.6) is 0 Å². The SMILES string of the molecule is CCCCC[C@H]1CC[C@H](CC[C@H]2CC[C@H](c3ccc(-c4ccc(Cl)c(F)c4)cc3)CC2)CC1. The third-order valence-electron chi connectivity index (χ3n) is 8.65. The van der Waals surface area contributed by atoms with E-state index in [9.17, 15) is 4.39 Å². The van der Waals surface area contributed by atoms with Gasteiger partial charge in [-0.2, -0.15) is 0 Å². The van der Waals surface area contributed by atoms with Crippen LogP contribution >= 0.6 is 11.6 Å². The average molecular weight is 469 g/mol. The minimum atomic E-state index is -0.350. The van der Waals surface area contributed by atoms with Gasteiger partial charge in [0.25, 0.3) is 0 Å². The first-order valence-electron chi connectivity index (χ1n) is 13.7. The highest BCUT2D eigenvalue weighted by atomic mass is 35.5. The van der Waals surface area contributed by atoms with Crippen LogP contribution in [0.3, 0.4) is 0 Å². The van der Waals surface area contributed by atoms with Crippen molar-refractivity contribution in [2.45, 2.75) is 103 Å². The maximum atomic E-state index is 13.8. The summed E-state index contributed by atoms with van der Waals surface area (Å²) in [5.74, 6) is 3.33. The summed E-state index contributed by atoms with van der Waals surface area (Å²) in [7, 11) is 0. The molecule has 0 saturated heterocycles. The zero-order chi connectivity index (χ0) is 23.0.